The highest BCUT2D eigenvalue weighted by atomic mass is 79.9. The van der Waals surface area contributed by atoms with Gasteiger partial charge in [0.2, 0.25) is 0 Å². The van der Waals surface area contributed by atoms with Crippen LogP contribution in [-0.4, -0.2) is 16.6 Å². The molecule has 7 heavy (non-hydrogen) atoms. The predicted octanol–water partition coefficient (Wildman–Crippen LogP) is 2.41. The second-order valence-electron chi connectivity index (χ2n) is 1.12. The molecule has 0 fully saturated rings. The van der Waals surface area contributed by atoms with Gasteiger partial charge in [0.25, 0.3) is 0 Å². The van der Waals surface area contributed by atoms with Gasteiger partial charge in [-0.1, -0.05) is 31.9 Å². The molecule has 0 heterocycles. The minimum atomic E-state index is -1.12. The average molecular weight is 238 g/mol. The largest absolute Gasteiger partial charge is 0.249 e. The molecule has 0 amide bonds. The second-order valence-corrected chi connectivity index (χ2v) is 5.22. The van der Waals surface area contributed by atoms with Crippen molar-refractivity contribution in [1.29, 1.82) is 0 Å². The molecule has 0 aromatic carbocycles. The van der Waals surface area contributed by atoms with Gasteiger partial charge in [0.05, 0.1) is 0 Å². The fraction of sp³-hybridized carbons (Fsp3) is 1.00. The standard InChI is InChI=1S/C3H4Br2F2/c4-3(5,1-6)2-7/h1-2H2. The average Bonchev–Trinajstić information content (AvgIpc) is 1.68. The summed E-state index contributed by atoms with van der Waals surface area (Å²) in [4.78, 5) is 0. The molecule has 0 unspecified atom stereocenters. The first-order valence-electron chi connectivity index (χ1n) is 1.62. The maximum atomic E-state index is 11.4. The van der Waals surface area contributed by atoms with E-state index in [1.54, 1.807) is 0 Å². The van der Waals surface area contributed by atoms with E-state index in [-0.39, 0.29) is 0 Å². The Balaban J connectivity index is 3.36. The Bertz CT molecular complexity index is 48.9. The van der Waals surface area contributed by atoms with E-state index >= 15 is 0 Å². The Morgan fingerprint density at radius 1 is 1.14 bits per heavy atom. The van der Waals surface area contributed by atoms with Crippen molar-refractivity contribution in [2.75, 3.05) is 13.3 Å². The lowest BCUT2D eigenvalue weighted by Crippen LogP contribution is -2.15. The van der Waals surface area contributed by atoms with Crippen LogP contribution in [0.3, 0.4) is 0 Å². The summed E-state index contributed by atoms with van der Waals surface area (Å²) in [5.41, 5.74) is 0. The van der Waals surface area contributed by atoms with Crippen LogP contribution in [0.5, 0.6) is 0 Å². The van der Waals surface area contributed by atoms with E-state index < -0.39 is 16.6 Å². The number of halogens is 4. The van der Waals surface area contributed by atoms with E-state index in [4.69, 9.17) is 0 Å². The van der Waals surface area contributed by atoms with Crippen LogP contribution < -0.4 is 0 Å². The molecule has 4 heteroatoms. The highest BCUT2D eigenvalue weighted by molar-refractivity contribution is 9.25. The summed E-state index contributed by atoms with van der Waals surface area (Å²) >= 11 is 5.49. The first-order chi connectivity index (χ1) is 3.12. The number of hydrogen-bond donors (Lipinski definition) is 0. The fourth-order valence-corrected chi connectivity index (χ4v) is 0.0357. The third-order valence-electron chi connectivity index (χ3n) is 0.391. The zero-order valence-corrected chi connectivity index (χ0v) is 6.60. The Morgan fingerprint density at radius 3 is 1.43 bits per heavy atom. The second kappa shape index (κ2) is 2.97. The predicted molar refractivity (Wildman–Crippen MR) is 32.5 cm³/mol. The molecule has 0 aromatic heterocycles. The highest BCUT2D eigenvalue weighted by Gasteiger charge is 2.21. The molecule has 0 aliphatic heterocycles. The van der Waals surface area contributed by atoms with Gasteiger partial charge in [-0.3, -0.25) is 0 Å². The van der Waals surface area contributed by atoms with Crippen molar-refractivity contribution in [3.63, 3.8) is 0 Å². The van der Waals surface area contributed by atoms with Gasteiger partial charge in [-0.2, -0.15) is 0 Å². The van der Waals surface area contributed by atoms with Crippen molar-refractivity contribution >= 4 is 31.9 Å². The zero-order valence-electron chi connectivity index (χ0n) is 3.43. The van der Waals surface area contributed by atoms with E-state index in [0.717, 1.165) is 0 Å². The minimum absolute atomic E-state index is 0.747. The number of rotatable bonds is 2. The molecule has 0 radical (unpaired) electrons. The summed E-state index contributed by atoms with van der Waals surface area (Å²) < 4.78 is 21.8. The molecule has 0 rings (SSSR count). The van der Waals surface area contributed by atoms with E-state index in [1.807, 2.05) is 0 Å². The topological polar surface area (TPSA) is 0 Å². The van der Waals surface area contributed by atoms with Crippen LogP contribution in [0.15, 0.2) is 0 Å². The molecule has 0 saturated heterocycles. The lowest BCUT2D eigenvalue weighted by molar-refractivity contribution is 0.397. The summed E-state index contributed by atoms with van der Waals surface area (Å²) in [6, 6.07) is 0. The lowest BCUT2D eigenvalue weighted by Gasteiger charge is -2.07. The first kappa shape index (κ1) is 7.82. The van der Waals surface area contributed by atoms with Crippen LogP contribution in [0.2, 0.25) is 0 Å². The van der Waals surface area contributed by atoms with Crippen LogP contribution in [-0.2, 0) is 0 Å². The van der Waals surface area contributed by atoms with Crippen LogP contribution in [0, 0.1) is 0 Å². The van der Waals surface area contributed by atoms with Crippen molar-refractivity contribution in [3.05, 3.63) is 0 Å². The van der Waals surface area contributed by atoms with Gasteiger partial charge in [-0.25, -0.2) is 8.78 Å². The van der Waals surface area contributed by atoms with Gasteiger partial charge in [0.15, 0.2) is 0 Å². The van der Waals surface area contributed by atoms with E-state index in [1.165, 1.54) is 0 Å². The lowest BCUT2D eigenvalue weighted by atomic mass is 10.5. The molecule has 44 valence electrons. The summed E-state index contributed by atoms with van der Waals surface area (Å²) in [6.45, 7) is -1.49. The molecular formula is C3H4Br2F2. The van der Waals surface area contributed by atoms with Gasteiger partial charge in [0.1, 0.15) is 16.6 Å². The quantitative estimate of drug-likeness (QED) is 0.648. The molecule has 0 nitrogen and oxygen atoms in total. The minimum Gasteiger partial charge on any atom is -0.249 e. The van der Waals surface area contributed by atoms with Crippen LogP contribution in [0.1, 0.15) is 0 Å². The Hall–Kier alpha value is 0.820. The maximum Gasteiger partial charge on any atom is 0.137 e. The van der Waals surface area contributed by atoms with Gasteiger partial charge in [-0.05, 0) is 0 Å². The first-order valence-corrected chi connectivity index (χ1v) is 3.21. The monoisotopic (exact) mass is 236 g/mol. The smallest absolute Gasteiger partial charge is 0.137 e. The molecule has 0 aliphatic carbocycles. The summed E-state index contributed by atoms with van der Waals surface area (Å²) in [7, 11) is 0. The summed E-state index contributed by atoms with van der Waals surface area (Å²) in [6.07, 6.45) is 0. The van der Waals surface area contributed by atoms with E-state index in [9.17, 15) is 8.78 Å². The van der Waals surface area contributed by atoms with Crippen molar-refractivity contribution in [2.24, 2.45) is 0 Å². The zero-order chi connectivity index (χ0) is 5.91. The SMILES string of the molecule is FCC(Br)(Br)CF. The molecule has 0 spiro atoms. The van der Waals surface area contributed by atoms with Gasteiger partial charge in [-0.15, -0.1) is 0 Å². The van der Waals surface area contributed by atoms with Gasteiger partial charge >= 0.3 is 0 Å². The molecule has 0 aromatic rings. The normalized spacial score (nSPS) is 12.0. The number of alkyl halides is 4. The number of hydrogen-bond acceptors (Lipinski definition) is 0. The molecule has 0 aliphatic rings. The third-order valence-corrected chi connectivity index (χ3v) is 1.24. The Kier molecular flexibility index (Phi) is 3.32. The van der Waals surface area contributed by atoms with Crippen LogP contribution in [0.25, 0.3) is 0 Å². The fourth-order valence-electron chi connectivity index (χ4n) is 0.0357. The van der Waals surface area contributed by atoms with Crippen molar-refractivity contribution in [2.45, 2.75) is 3.23 Å². The van der Waals surface area contributed by atoms with Crippen molar-refractivity contribution < 1.29 is 8.78 Å². The highest BCUT2D eigenvalue weighted by Crippen LogP contribution is 2.26. The summed E-state index contributed by atoms with van der Waals surface area (Å²) in [5, 5.41) is 0. The molecule has 0 bridgehead atoms. The van der Waals surface area contributed by atoms with Crippen LogP contribution >= 0.6 is 31.9 Å². The van der Waals surface area contributed by atoms with Crippen LogP contribution in [0.4, 0.5) is 8.78 Å². The molecule has 0 atom stereocenters. The molecule has 0 saturated carbocycles. The summed E-state index contributed by atoms with van der Waals surface area (Å²) in [5.74, 6) is 0. The maximum absolute atomic E-state index is 11.4. The molecular weight excluding hydrogens is 234 g/mol. The molecule has 0 N–H and O–H groups in total. The van der Waals surface area contributed by atoms with Crippen molar-refractivity contribution in [3.8, 4) is 0 Å². The van der Waals surface area contributed by atoms with E-state index in [0.29, 0.717) is 0 Å². The van der Waals surface area contributed by atoms with Gasteiger partial charge in [0, 0.05) is 0 Å². The Morgan fingerprint density at radius 2 is 1.43 bits per heavy atom. The Labute approximate surface area is 57.5 Å². The van der Waals surface area contributed by atoms with E-state index in [2.05, 4.69) is 31.9 Å². The van der Waals surface area contributed by atoms with Gasteiger partial charge < -0.3 is 0 Å². The van der Waals surface area contributed by atoms with Crippen molar-refractivity contribution in [1.82, 2.24) is 0 Å². The third kappa shape index (κ3) is 3.41.